The molecule has 6 heteroatoms. The number of ether oxygens (including phenoxy) is 1. The lowest BCUT2D eigenvalue weighted by Gasteiger charge is -2.27. The number of benzene rings is 1. The molecule has 1 amide bonds. The van der Waals surface area contributed by atoms with Crippen LogP contribution in [0.2, 0.25) is 0 Å². The summed E-state index contributed by atoms with van der Waals surface area (Å²) >= 11 is 1.54. The zero-order chi connectivity index (χ0) is 20.2. The van der Waals surface area contributed by atoms with Crippen LogP contribution in [0.25, 0.3) is 0 Å². The van der Waals surface area contributed by atoms with Crippen molar-refractivity contribution in [2.45, 2.75) is 52.1 Å². The highest BCUT2D eigenvalue weighted by atomic mass is 32.1. The molecule has 2 aromatic rings. The molecule has 154 valence electrons. The molecule has 2 aliphatic rings. The Balaban J connectivity index is 1.55. The lowest BCUT2D eigenvalue weighted by Crippen LogP contribution is -2.30. The summed E-state index contributed by atoms with van der Waals surface area (Å²) in [5.41, 5.74) is 2.92. The minimum atomic E-state index is -0.316. The zero-order valence-corrected chi connectivity index (χ0v) is 17.7. The van der Waals surface area contributed by atoms with Gasteiger partial charge in [0.15, 0.2) is 0 Å². The number of esters is 1. The van der Waals surface area contributed by atoms with Crippen LogP contribution in [0.15, 0.2) is 30.3 Å². The maximum atomic E-state index is 12.7. The highest BCUT2D eigenvalue weighted by Gasteiger charge is 2.31. The normalized spacial score (nSPS) is 17.1. The minimum Gasteiger partial charge on any atom is -0.462 e. The highest BCUT2D eigenvalue weighted by molar-refractivity contribution is 7.17. The summed E-state index contributed by atoms with van der Waals surface area (Å²) in [5.74, 6) is -0.199. The lowest BCUT2D eigenvalue weighted by atomic mass is 10.0. The molecule has 0 bridgehead atoms. The summed E-state index contributed by atoms with van der Waals surface area (Å²) < 4.78 is 5.33. The molecular weight excluding hydrogens is 384 g/mol. The van der Waals surface area contributed by atoms with Crippen molar-refractivity contribution in [3.63, 3.8) is 0 Å². The molecule has 0 unspecified atom stereocenters. The number of fused-ring (bicyclic) bond motifs is 1. The predicted octanol–water partition coefficient (Wildman–Crippen LogP) is 4.61. The van der Waals surface area contributed by atoms with Gasteiger partial charge in [-0.2, -0.15) is 0 Å². The molecule has 1 aromatic heterocycles. The summed E-state index contributed by atoms with van der Waals surface area (Å²) in [6.45, 7) is 4.72. The van der Waals surface area contributed by atoms with Gasteiger partial charge in [-0.25, -0.2) is 4.79 Å². The molecule has 4 rings (SSSR count). The Kier molecular flexibility index (Phi) is 6.31. The number of thiophene rings is 1. The number of amides is 1. The summed E-state index contributed by atoms with van der Waals surface area (Å²) in [4.78, 5) is 29.0. The number of carbonyl (C=O) groups is 2. The number of nitrogens with one attached hydrogen (secondary N) is 1. The standard InChI is InChI=1S/C23H28N2O3S/c1-2-28-23(27)20-18-12-13-25(14-16-8-4-3-5-9-16)15-19(18)29-22(20)24-21(26)17-10-6-7-11-17/h3-5,8-9,17H,2,6-7,10-15H2,1H3,(H,24,26). The third kappa shape index (κ3) is 4.54. The summed E-state index contributed by atoms with van der Waals surface area (Å²) in [6.07, 6.45) is 4.90. The molecule has 1 aromatic carbocycles. The van der Waals surface area contributed by atoms with Crippen LogP contribution in [0.5, 0.6) is 0 Å². The van der Waals surface area contributed by atoms with Crippen molar-refractivity contribution in [1.29, 1.82) is 0 Å². The van der Waals surface area contributed by atoms with Crippen LogP contribution < -0.4 is 5.32 Å². The number of rotatable bonds is 6. The van der Waals surface area contributed by atoms with E-state index in [0.29, 0.717) is 17.2 Å². The molecule has 0 atom stereocenters. The molecule has 0 saturated heterocycles. The number of hydrogen-bond acceptors (Lipinski definition) is 5. The first-order chi connectivity index (χ1) is 14.2. The van der Waals surface area contributed by atoms with Gasteiger partial charge in [-0.3, -0.25) is 9.69 Å². The minimum absolute atomic E-state index is 0.0489. The SMILES string of the molecule is CCOC(=O)c1c(NC(=O)C2CCCC2)sc2c1CCN(Cc1ccccc1)C2. The fourth-order valence-electron chi connectivity index (χ4n) is 4.34. The number of nitrogens with zero attached hydrogens (tertiary/aromatic N) is 1. The van der Waals surface area contributed by atoms with Crippen LogP contribution >= 0.6 is 11.3 Å². The number of hydrogen-bond donors (Lipinski definition) is 1. The average Bonchev–Trinajstić information content (AvgIpc) is 3.36. The summed E-state index contributed by atoms with van der Waals surface area (Å²) in [5, 5.41) is 3.75. The maximum Gasteiger partial charge on any atom is 0.341 e. The molecule has 29 heavy (non-hydrogen) atoms. The van der Waals surface area contributed by atoms with E-state index in [1.165, 1.54) is 5.56 Å². The van der Waals surface area contributed by atoms with Crippen molar-refractivity contribution in [3.05, 3.63) is 51.9 Å². The van der Waals surface area contributed by atoms with Gasteiger partial charge in [0.25, 0.3) is 0 Å². The first-order valence-corrected chi connectivity index (χ1v) is 11.4. The van der Waals surface area contributed by atoms with Gasteiger partial charge in [0.1, 0.15) is 5.00 Å². The summed E-state index contributed by atoms with van der Waals surface area (Å²) in [6, 6.07) is 10.4. The molecule has 1 N–H and O–H groups in total. The smallest absolute Gasteiger partial charge is 0.341 e. The molecule has 1 aliphatic heterocycles. The third-order valence-electron chi connectivity index (χ3n) is 5.83. The van der Waals surface area contributed by atoms with E-state index in [0.717, 1.165) is 62.2 Å². The van der Waals surface area contributed by atoms with Crippen molar-refractivity contribution in [2.24, 2.45) is 5.92 Å². The van der Waals surface area contributed by atoms with E-state index in [9.17, 15) is 9.59 Å². The molecule has 1 aliphatic carbocycles. The van der Waals surface area contributed by atoms with Crippen LogP contribution in [0.1, 0.15) is 59.0 Å². The highest BCUT2D eigenvalue weighted by Crippen LogP contribution is 2.39. The van der Waals surface area contributed by atoms with Crippen molar-refractivity contribution in [3.8, 4) is 0 Å². The lowest BCUT2D eigenvalue weighted by molar-refractivity contribution is -0.119. The van der Waals surface area contributed by atoms with Gasteiger partial charge in [0, 0.05) is 30.4 Å². The Hall–Kier alpha value is -2.18. The van der Waals surface area contributed by atoms with E-state index in [-0.39, 0.29) is 17.8 Å². The number of anilines is 1. The first kappa shape index (κ1) is 20.1. The van der Waals surface area contributed by atoms with E-state index < -0.39 is 0 Å². The third-order valence-corrected chi connectivity index (χ3v) is 6.96. The van der Waals surface area contributed by atoms with E-state index in [2.05, 4.69) is 34.5 Å². The Morgan fingerprint density at radius 1 is 1.21 bits per heavy atom. The second-order valence-corrected chi connectivity index (χ2v) is 8.95. The molecule has 5 nitrogen and oxygen atoms in total. The quantitative estimate of drug-likeness (QED) is 0.704. The largest absolute Gasteiger partial charge is 0.462 e. The molecule has 1 fully saturated rings. The topological polar surface area (TPSA) is 58.6 Å². The Labute approximate surface area is 176 Å². The van der Waals surface area contributed by atoms with E-state index in [1.807, 2.05) is 13.0 Å². The van der Waals surface area contributed by atoms with E-state index in [1.54, 1.807) is 11.3 Å². The maximum absolute atomic E-state index is 12.7. The molecule has 1 saturated carbocycles. The fraction of sp³-hybridized carbons (Fsp3) is 0.478. The van der Waals surface area contributed by atoms with Crippen LogP contribution in [-0.4, -0.2) is 29.9 Å². The molecular formula is C23H28N2O3S. The van der Waals surface area contributed by atoms with Crippen molar-refractivity contribution in [1.82, 2.24) is 4.90 Å². The summed E-state index contributed by atoms with van der Waals surface area (Å²) in [7, 11) is 0. The average molecular weight is 413 g/mol. The fourth-order valence-corrected chi connectivity index (χ4v) is 5.62. The Morgan fingerprint density at radius 2 is 1.97 bits per heavy atom. The van der Waals surface area contributed by atoms with E-state index in [4.69, 9.17) is 4.74 Å². The second-order valence-electron chi connectivity index (χ2n) is 7.85. The van der Waals surface area contributed by atoms with Crippen LogP contribution in [0.3, 0.4) is 0 Å². The second kappa shape index (κ2) is 9.09. The number of carbonyl (C=O) groups excluding carboxylic acids is 2. The van der Waals surface area contributed by atoms with Crippen molar-refractivity contribution in [2.75, 3.05) is 18.5 Å². The van der Waals surface area contributed by atoms with Gasteiger partial charge >= 0.3 is 5.97 Å². The van der Waals surface area contributed by atoms with E-state index >= 15 is 0 Å². The zero-order valence-electron chi connectivity index (χ0n) is 16.9. The van der Waals surface area contributed by atoms with Gasteiger partial charge < -0.3 is 10.1 Å². The van der Waals surface area contributed by atoms with Crippen molar-refractivity contribution >= 4 is 28.2 Å². The Morgan fingerprint density at radius 3 is 2.69 bits per heavy atom. The van der Waals surface area contributed by atoms with Crippen LogP contribution in [0.4, 0.5) is 5.00 Å². The molecule has 0 radical (unpaired) electrons. The molecule has 0 spiro atoms. The van der Waals surface area contributed by atoms with Crippen LogP contribution in [0, 0.1) is 5.92 Å². The Bertz CT molecular complexity index is 872. The van der Waals surface area contributed by atoms with Crippen molar-refractivity contribution < 1.29 is 14.3 Å². The van der Waals surface area contributed by atoms with Crippen LogP contribution in [-0.2, 0) is 29.0 Å². The molecule has 2 heterocycles. The van der Waals surface area contributed by atoms with Gasteiger partial charge in [-0.05, 0) is 37.3 Å². The predicted molar refractivity (Wildman–Crippen MR) is 115 cm³/mol. The monoisotopic (exact) mass is 412 g/mol. The van der Waals surface area contributed by atoms with Gasteiger partial charge in [0.2, 0.25) is 5.91 Å². The first-order valence-electron chi connectivity index (χ1n) is 10.5. The van der Waals surface area contributed by atoms with Gasteiger partial charge in [-0.1, -0.05) is 43.2 Å². The van der Waals surface area contributed by atoms with Gasteiger partial charge in [-0.15, -0.1) is 11.3 Å². The van der Waals surface area contributed by atoms with Gasteiger partial charge in [0.05, 0.1) is 12.2 Å².